The van der Waals surface area contributed by atoms with Crippen LogP contribution in [-0.4, -0.2) is 26.5 Å². The first-order valence-corrected chi connectivity index (χ1v) is 7.99. The van der Waals surface area contributed by atoms with Gasteiger partial charge in [-0.1, -0.05) is 30.0 Å². The number of halogens is 3. The smallest absolute Gasteiger partial charge is 0.268 e. The van der Waals surface area contributed by atoms with Crippen LogP contribution in [0.15, 0.2) is 52.5 Å². The molecule has 0 saturated carbocycles. The molecule has 0 atom stereocenters. The van der Waals surface area contributed by atoms with Crippen molar-refractivity contribution in [3.8, 4) is 5.82 Å². The Kier molecular flexibility index (Phi) is 4.31. The van der Waals surface area contributed by atoms with E-state index in [2.05, 4.69) is 9.97 Å². The number of rotatable bonds is 3. The summed E-state index contributed by atoms with van der Waals surface area (Å²) in [5.74, 6) is -0.852. The molecule has 0 amide bonds. The van der Waals surface area contributed by atoms with Gasteiger partial charge in [0.05, 0.1) is 16.7 Å². The van der Waals surface area contributed by atoms with Crippen molar-refractivity contribution in [3.05, 3.63) is 58.5 Å². The second kappa shape index (κ2) is 6.27. The molecule has 0 saturated heterocycles. The first-order chi connectivity index (χ1) is 11.4. The maximum Gasteiger partial charge on any atom is 0.398 e. The molecule has 3 aromatic rings. The zero-order chi connectivity index (χ0) is 17.3. The minimum absolute atomic E-state index is 0.0298. The van der Waals surface area contributed by atoms with E-state index in [0.717, 1.165) is 4.57 Å². The van der Waals surface area contributed by atoms with Crippen molar-refractivity contribution in [2.75, 3.05) is 5.75 Å². The number of pyridine rings is 1. The van der Waals surface area contributed by atoms with Gasteiger partial charge >= 0.3 is 6.18 Å². The van der Waals surface area contributed by atoms with E-state index in [1.54, 1.807) is 43.3 Å². The number of para-hydroxylation sites is 1. The monoisotopic (exact) mass is 351 g/mol. The molecular weight excluding hydrogens is 339 g/mol. The Balaban J connectivity index is 2.26. The van der Waals surface area contributed by atoms with E-state index >= 15 is 0 Å². The Labute approximate surface area is 139 Å². The fourth-order valence-electron chi connectivity index (χ4n) is 2.25. The zero-order valence-corrected chi connectivity index (χ0v) is 13.4. The maximum absolute atomic E-state index is 12.8. The predicted molar refractivity (Wildman–Crippen MR) is 86.7 cm³/mol. The Morgan fingerprint density at radius 1 is 1.17 bits per heavy atom. The van der Waals surface area contributed by atoms with E-state index in [9.17, 15) is 18.0 Å². The lowest BCUT2D eigenvalue weighted by Crippen LogP contribution is -2.24. The van der Waals surface area contributed by atoms with Crippen LogP contribution in [0.5, 0.6) is 0 Å². The third-order valence-electron chi connectivity index (χ3n) is 3.30. The van der Waals surface area contributed by atoms with Gasteiger partial charge < -0.3 is 0 Å². The molecule has 24 heavy (non-hydrogen) atoms. The van der Waals surface area contributed by atoms with Gasteiger partial charge in [0.1, 0.15) is 5.82 Å². The average Bonchev–Trinajstić information content (AvgIpc) is 2.53. The highest BCUT2D eigenvalue weighted by atomic mass is 32.2. The fraction of sp³-hybridized carbons (Fsp3) is 0.188. The minimum atomic E-state index is -4.36. The number of aryl methyl sites for hydroxylation is 1. The van der Waals surface area contributed by atoms with Gasteiger partial charge in [-0.2, -0.15) is 13.2 Å². The molecule has 0 aliphatic carbocycles. The van der Waals surface area contributed by atoms with E-state index in [1.807, 2.05) is 0 Å². The van der Waals surface area contributed by atoms with Crippen LogP contribution in [0.1, 0.15) is 5.56 Å². The molecule has 0 fully saturated rings. The van der Waals surface area contributed by atoms with Crippen LogP contribution in [0.25, 0.3) is 16.7 Å². The maximum atomic E-state index is 12.8. The summed E-state index contributed by atoms with van der Waals surface area (Å²) in [7, 11) is 0. The first kappa shape index (κ1) is 16.5. The molecule has 8 heteroatoms. The van der Waals surface area contributed by atoms with Crippen molar-refractivity contribution in [3.63, 3.8) is 0 Å². The Morgan fingerprint density at radius 2 is 1.92 bits per heavy atom. The standard InChI is InChI=1S/C16H12F3N3OS/c1-10-5-4-8-20-13(10)22-14(23)11-6-2-3-7-12(11)21-15(22)24-9-16(17,18)19/h2-8H,9H2,1H3. The number of benzene rings is 1. The van der Waals surface area contributed by atoms with Crippen molar-refractivity contribution >= 4 is 22.7 Å². The van der Waals surface area contributed by atoms with Crippen molar-refractivity contribution in [2.45, 2.75) is 18.3 Å². The fourth-order valence-corrected chi connectivity index (χ4v) is 3.01. The molecular formula is C16H12F3N3OS. The van der Waals surface area contributed by atoms with Crippen LogP contribution in [0.4, 0.5) is 13.2 Å². The number of fused-ring (bicyclic) bond motifs is 1. The molecule has 124 valence electrons. The normalized spacial score (nSPS) is 11.8. The van der Waals surface area contributed by atoms with E-state index in [1.165, 1.54) is 6.20 Å². The van der Waals surface area contributed by atoms with Crippen molar-refractivity contribution in [1.29, 1.82) is 0 Å². The third kappa shape index (κ3) is 3.28. The highest BCUT2D eigenvalue weighted by Gasteiger charge is 2.29. The summed E-state index contributed by atoms with van der Waals surface area (Å²) in [5, 5.41) is 0.303. The molecule has 0 aliphatic heterocycles. The van der Waals surface area contributed by atoms with Crippen LogP contribution in [0, 0.1) is 6.92 Å². The molecule has 0 bridgehead atoms. The predicted octanol–water partition coefficient (Wildman–Crippen LogP) is 3.74. The van der Waals surface area contributed by atoms with Crippen molar-refractivity contribution in [2.24, 2.45) is 0 Å². The number of thioether (sulfide) groups is 1. The van der Waals surface area contributed by atoms with Gasteiger partial charge in [0, 0.05) is 6.20 Å². The number of nitrogens with zero attached hydrogens (tertiary/aromatic N) is 3. The number of alkyl halides is 3. The Bertz CT molecular complexity index is 953. The van der Waals surface area contributed by atoms with E-state index in [4.69, 9.17) is 0 Å². The van der Waals surface area contributed by atoms with E-state index in [-0.39, 0.29) is 11.0 Å². The third-order valence-corrected chi connectivity index (χ3v) is 4.31. The van der Waals surface area contributed by atoms with Gasteiger partial charge in [-0.15, -0.1) is 0 Å². The summed E-state index contributed by atoms with van der Waals surface area (Å²) in [4.78, 5) is 21.2. The Morgan fingerprint density at radius 3 is 2.62 bits per heavy atom. The lowest BCUT2D eigenvalue weighted by atomic mass is 10.2. The Hall–Kier alpha value is -2.35. The molecule has 1 aromatic carbocycles. The van der Waals surface area contributed by atoms with Gasteiger partial charge in [-0.3, -0.25) is 4.79 Å². The van der Waals surface area contributed by atoms with Crippen LogP contribution in [0.2, 0.25) is 0 Å². The van der Waals surface area contributed by atoms with Gasteiger partial charge in [-0.05, 0) is 30.7 Å². The minimum Gasteiger partial charge on any atom is -0.268 e. The quantitative estimate of drug-likeness (QED) is 0.533. The number of hydrogen-bond donors (Lipinski definition) is 0. The summed E-state index contributed by atoms with van der Waals surface area (Å²) < 4.78 is 39.0. The van der Waals surface area contributed by atoms with Crippen molar-refractivity contribution in [1.82, 2.24) is 14.5 Å². The molecule has 0 N–H and O–H groups in total. The molecule has 2 aromatic heterocycles. The van der Waals surface area contributed by atoms with Crippen LogP contribution in [0.3, 0.4) is 0 Å². The largest absolute Gasteiger partial charge is 0.398 e. The SMILES string of the molecule is Cc1cccnc1-n1c(SCC(F)(F)F)nc2ccccc2c1=O. The van der Waals surface area contributed by atoms with Gasteiger partial charge in [-0.25, -0.2) is 14.5 Å². The zero-order valence-electron chi connectivity index (χ0n) is 12.5. The van der Waals surface area contributed by atoms with Gasteiger partial charge in [0.2, 0.25) is 0 Å². The molecule has 2 heterocycles. The van der Waals surface area contributed by atoms with Gasteiger partial charge in [0.25, 0.3) is 5.56 Å². The van der Waals surface area contributed by atoms with E-state index in [0.29, 0.717) is 28.2 Å². The summed E-state index contributed by atoms with van der Waals surface area (Å²) in [5.41, 5.74) is 0.592. The molecule has 0 aliphatic rings. The highest BCUT2D eigenvalue weighted by Crippen LogP contribution is 2.28. The average molecular weight is 351 g/mol. The number of hydrogen-bond acceptors (Lipinski definition) is 4. The summed E-state index contributed by atoms with van der Waals surface area (Å²) in [6.07, 6.45) is -2.87. The summed E-state index contributed by atoms with van der Waals surface area (Å²) in [6, 6.07) is 10.00. The van der Waals surface area contributed by atoms with Gasteiger partial charge in [0.15, 0.2) is 5.16 Å². The first-order valence-electron chi connectivity index (χ1n) is 7.00. The van der Waals surface area contributed by atoms with Crippen molar-refractivity contribution < 1.29 is 13.2 Å². The number of aromatic nitrogens is 3. The van der Waals surface area contributed by atoms with E-state index < -0.39 is 17.5 Å². The highest BCUT2D eigenvalue weighted by molar-refractivity contribution is 7.99. The molecule has 0 unspecified atom stereocenters. The van der Waals surface area contributed by atoms with Crippen LogP contribution >= 0.6 is 11.8 Å². The molecule has 0 spiro atoms. The lowest BCUT2D eigenvalue weighted by molar-refractivity contribution is -0.105. The second-order valence-corrected chi connectivity index (χ2v) is 6.04. The summed E-state index contributed by atoms with van der Waals surface area (Å²) >= 11 is 0.473. The topological polar surface area (TPSA) is 47.8 Å². The molecule has 4 nitrogen and oxygen atoms in total. The molecule has 0 radical (unpaired) electrons. The summed E-state index contributed by atoms with van der Waals surface area (Å²) in [6.45, 7) is 1.74. The molecule has 3 rings (SSSR count). The van der Waals surface area contributed by atoms with Crippen LogP contribution in [-0.2, 0) is 0 Å². The lowest BCUT2D eigenvalue weighted by Gasteiger charge is -2.14. The second-order valence-electron chi connectivity index (χ2n) is 5.10. The van der Waals surface area contributed by atoms with Crippen LogP contribution < -0.4 is 5.56 Å².